The van der Waals surface area contributed by atoms with Crippen molar-refractivity contribution in [2.75, 3.05) is 18.0 Å². The van der Waals surface area contributed by atoms with E-state index < -0.39 is 0 Å². The van der Waals surface area contributed by atoms with Gasteiger partial charge in [-0.3, -0.25) is 0 Å². The van der Waals surface area contributed by atoms with Crippen LogP contribution in [-0.4, -0.2) is 13.1 Å². The summed E-state index contributed by atoms with van der Waals surface area (Å²) in [5.74, 6) is 5.20. The highest BCUT2D eigenvalue weighted by molar-refractivity contribution is 5.58. The van der Waals surface area contributed by atoms with Crippen molar-refractivity contribution in [3.8, 4) is 11.8 Å². The van der Waals surface area contributed by atoms with Crippen LogP contribution >= 0.6 is 0 Å². The molecule has 0 radical (unpaired) electrons. The normalized spacial score (nSPS) is 12.8. The van der Waals surface area contributed by atoms with Gasteiger partial charge in [-0.15, -0.1) is 0 Å². The fraction of sp³-hybridized carbons (Fsp3) is 0.222. The van der Waals surface area contributed by atoms with Crippen LogP contribution < -0.4 is 10.6 Å². The lowest BCUT2D eigenvalue weighted by Crippen LogP contribution is -2.19. The van der Waals surface area contributed by atoms with Crippen LogP contribution in [0.4, 0.5) is 10.1 Å². The van der Waals surface area contributed by atoms with Gasteiger partial charge in [-0.05, 0) is 35.7 Å². The molecule has 0 spiro atoms. The third-order valence-electron chi connectivity index (χ3n) is 3.71. The average molecular weight is 280 g/mol. The van der Waals surface area contributed by atoms with Crippen LogP contribution in [0.25, 0.3) is 0 Å². The minimum Gasteiger partial charge on any atom is -0.367 e. The number of anilines is 1. The van der Waals surface area contributed by atoms with E-state index in [0.717, 1.165) is 25.1 Å². The smallest absolute Gasteiger partial charge is 0.138 e. The Hall–Kier alpha value is -2.31. The maximum atomic E-state index is 13.7. The highest BCUT2D eigenvalue weighted by Crippen LogP contribution is 2.29. The number of rotatable bonds is 2. The molecule has 1 aliphatic rings. The first-order chi connectivity index (χ1) is 10.3. The molecule has 0 saturated heterocycles. The summed E-state index contributed by atoms with van der Waals surface area (Å²) in [7, 11) is 0. The quantitative estimate of drug-likeness (QED) is 0.857. The van der Waals surface area contributed by atoms with Gasteiger partial charge in [0.1, 0.15) is 5.82 Å². The molecule has 3 rings (SSSR count). The minimum absolute atomic E-state index is 0.239. The molecule has 0 unspecified atom stereocenters. The number of nitrogens with two attached hydrogens (primary N) is 1. The summed E-state index contributed by atoms with van der Waals surface area (Å²) >= 11 is 0. The second-order valence-electron chi connectivity index (χ2n) is 5.12. The predicted octanol–water partition coefficient (Wildman–Crippen LogP) is 2.70. The van der Waals surface area contributed by atoms with Crippen LogP contribution in [-0.2, 0) is 13.0 Å². The Morgan fingerprint density at radius 2 is 2.05 bits per heavy atom. The lowest BCUT2D eigenvalue weighted by molar-refractivity contribution is 0.623. The first kappa shape index (κ1) is 13.7. The van der Waals surface area contributed by atoms with Gasteiger partial charge in [0.05, 0.1) is 12.1 Å². The van der Waals surface area contributed by atoms with Gasteiger partial charge in [-0.1, -0.05) is 36.1 Å². The van der Waals surface area contributed by atoms with E-state index >= 15 is 0 Å². The Kier molecular flexibility index (Phi) is 3.89. The Balaban J connectivity index is 1.83. The third-order valence-corrected chi connectivity index (χ3v) is 3.71. The van der Waals surface area contributed by atoms with Crippen LogP contribution in [0.15, 0.2) is 42.5 Å². The number of hydrogen-bond donors (Lipinski definition) is 1. The fourth-order valence-electron chi connectivity index (χ4n) is 2.70. The van der Waals surface area contributed by atoms with E-state index in [1.807, 2.05) is 12.1 Å². The van der Waals surface area contributed by atoms with Crippen molar-refractivity contribution in [3.63, 3.8) is 0 Å². The molecule has 0 saturated carbocycles. The lowest BCUT2D eigenvalue weighted by Gasteiger charge is -2.19. The summed E-state index contributed by atoms with van der Waals surface area (Å²) in [5, 5.41) is 0. The molecule has 2 nitrogen and oxygen atoms in total. The second kappa shape index (κ2) is 5.99. The van der Waals surface area contributed by atoms with Gasteiger partial charge in [0.15, 0.2) is 0 Å². The summed E-state index contributed by atoms with van der Waals surface area (Å²) in [5.41, 5.74) is 9.48. The molecule has 0 atom stereocenters. The predicted molar refractivity (Wildman–Crippen MR) is 83.5 cm³/mol. The zero-order valence-corrected chi connectivity index (χ0v) is 11.8. The van der Waals surface area contributed by atoms with Crippen molar-refractivity contribution < 1.29 is 4.39 Å². The van der Waals surface area contributed by atoms with Gasteiger partial charge in [0.25, 0.3) is 0 Å². The monoisotopic (exact) mass is 280 g/mol. The molecule has 0 amide bonds. The van der Waals surface area contributed by atoms with E-state index in [4.69, 9.17) is 5.73 Å². The van der Waals surface area contributed by atoms with E-state index in [-0.39, 0.29) is 12.4 Å². The molecule has 2 aromatic rings. The molecule has 0 fully saturated rings. The number of nitrogens with zero attached hydrogens (tertiary/aromatic N) is 1. The van der Waals surface area contributed by atoms with Gasteiger partial charge in [0.2, 0.25) is 0 Å². The van der Waals surface area contributed by atoms with E-state index in [9.17, 15) is 4.39 Å². The maximum absolute atomic E-state index is 13.7. The Morgan fingerprint density at radius 3 is 2.90 bits per heavy atom. The highest BCUT2D eigenvalue weighted by atomic mass is 19.1. The topological polar surface area (TPSA) is 29.3 Å². The Bertz CT molecular complexity index is 713. The molecule has 1 aliphatic heterocycles. The van der Waals surface area contributed by atoms with Gasteiger partial charge < -0.3 is 10.6 Å². The van der Waals surface area contributed by atoms with Crippen LogP contribution in [0.5, 0.6) is 0 Å². The molecule has 2 N–H and O–H groups in total. The number of para-hydroxylation sites is 1. The minimum atomic E-state index is -0.290. The largest absolute Gasteiger partial charge is 0.367 e. The van der Waals surface area contributed by atoms with E-state index in [0.29, 0.717) is 5.56 Å². The number of fused-ring (bicyclic) bond motifs is 1. The van der Waals surface area contributed by atoms with Crippen molar-refractivity contribution in [1.29, 1.82) is 0 Å². The first-order valence-electron chi connectivity index (χ1n) is 7.08. The zero-order valence-electron chi connectivity index (χ0n) is 11.8. The Labute approximate surface area is 124 Å². The van der Waals surface area contributed by atoms with Crippen LogP contribution in [0.2, 0.25) is 0 Å². The first-order valence-corrected chi connectivity index (χ1v) is 7.08. The van der Waals surface area contributed by atoms with Gasteiger partial charge in [0, 0.05) is 18.8 Å². The Morgan fingerprint density at radius 1 is 1.19 bits per heavy atom. The summed E-state index contributed by atoms with van der Waals surface area (Å²) in [4.78, 5) is 2.32. The number of benzene rings is 2. The summed E-state index contributed by atoms with van der Waals surface area (Å²) in [6.45, 7) is 2.01. The van der Waals surface area contributed by atoms with Crippen molar-refractivity contribution in [1.82, 2.24) is 0 Å². The molecule has 0 aromatic heterocycles. The van der Waals surface area contributed by atoms with Crippen LogP contribution in [0.1, 0.15) is 16.7 Å². The standard InChI is InChI=1S/C18H17FN2/c19-17-8-7-14(12-16(17)5-3-10-20)13-21-11-9-15-4-1-2-6-18(15)21/h1-2,4,6-8,12H,9-11,13,20H2. The maximum Gasteiger partial charge on any atom is 0.138 e. The fourth-order valence-corrected chi connectivity index (χ4v) is 2.70. The SMILES string of the molecule is NCC#Cc1cc(CN2CCc3ccccc32)ccc1F. The molecular formula is C18H17FN2. The van der Waals surface area contributed by atoms with Crippen molar-refractivity contribution >= 4 is 5.69 Å². The van der Waals surface area contributed by atoms with Crippen LogP contribution in [0, 0.1) is 17.7 Å². The molecule has 2 aromatic carbocycles. The third kappa shape index (κ3) is 2.91. The highest BCUT2D eigenvalue weighted by Gasteiger charge is 2.18. The average Bonchev–Trinajstić information content (AvgIpc) is 2.91. The lowest BCUT2D eigenvalue weighted by atomic mass is 10.1. The molecule has 1 heterocycles. The van der Waals surface area contributed by atoms with E-state index in [1.165, 1.54) is 17.3 Å². The van der Waals surface area contributed by atoms with Gasteiger partial charge in [-0.25, -0.2) is 4.39 Å². The van der Waals surface area contributed by atoms with E-state index in [2.05, 4.69) is 41.0 Å². The molecule has 0 aliphatic carbocycles. The molecule has 0 bridgehead atoms. The summed E-state index contributed by atoms with van der Waals surface area (Å²) in [6.07, 6.45) is 1.07. The van der Waals surface area contributed by atoms with Crippen molar-refractivity contribution in [2.45, 2.75) is 13.0 Å². The van der Waals surface area contributed by atoms with Crippen molar-refractivity contribution in [2.24, 2.45) is 5.73 Å². The van der Waals surface area contributed by atoms with Crippen molar-refractivity contribution in [3.05, 3.63) is 65.0 Å². The van der Waals surface area contributed by atoms with Gasteiger partial charge >= 0.3 is 0 Å². The summed E-state index contributed by atoms with van der Waals surface area (Å²) in [6, 6.07) is 13.6. The number of hydrogen-bond acceptors (Lipinski definition) is 2. The summed E-state index contributed by atoms with van der Waals surface area (Å²) < 4.78 is 13.7. The van der Waals surface area contributed by atoms with Crippen LogP contribution in [0.3, 0.4) is 0 Å². The zero-order chi connectivity index (χ0) is 14.7. The molecular weight excluding hydrogens is 263 g/mol. The molecule has 21 heavy (non-hydrogen) atoms. The molecule has 106 valence electrons. The number of halogens is 1. The van der Waals surface area contributed by atoms with E-state index in [1.54, 1.807) is 0 Å². The van der Waals surface area contributed by atoms with Gasteiger partial charge in [-0.2, -0.15) is 0 Å². The second-order valence-corrected chi connectivity index (χ2v) is 5.12. The molecule has 3 heteroatoms.